The highest BCUT2D eigenvalue weighted by Gasteiger charge is 2.14. The van der Waals surface area contributed by atoms with Crippen LogP contribution in [0.15, 0.2) is 35.1 Å². The minimum atomic E-state index is -0.324. The normalized spacial score (nSPS) is 10.9. The third kappa shape index (κ3) is 3.27. The number of methoxy groups -OCH3 is 3. The van der Waals surface area contributed by atoms with Gasteiger partial charge in [0.25, 0.3) is 5.56 Å². The predicted octanol–water partition coefficient (Wildman–Crippen LogP) is 2.94. The number of H-pyrrole nitrogens is 1. The van der Waals surface area contributed by atoms with Gasteiger partial charge in [0.15, 0.2) is 0 Å². The van der Waals surface area contributed by atoms with Gasteiger partial charge in [0.05, 0.1) is 32.5 Å². The number of nitrogens with zero attached hydrogens (tertiary/aromatic N) is 3. The molecular formula is C20H19N5O4. The molecule has 2 heterocycles. The summed E-state index contributed by atoms with van der Waals surface area (Å²) in [5, 5.41) is 4.15. The van der Waals surface area contributed by atoms with Crippen molar-refractivity contribution in [2.24, 2.45) is 0 Å². The van der Waals surface area contributed by atoms with Crippen LogP contribution in [0.25, 0.3) is 21.8 Å². The van der Waals surface area contributed by atoms with E-state index in [-0.39, 0.29) is 17.5 Å². The van der Waals surface area contributed by atoms with Crippen LogP contribution in [0.3, 0.4) is 0 Å². The second kappa shape index (κ2) is 7.27. The Bertz CT molecular complexity index is 1290. The summed E-state index contributed by atoms with van der Waals surface area (Å²) < 4.78 is 16.0. The Labute approximate surface area is 165 Å². The number of aromatic amines is 1. The van der Waals surface area contributed by atoms with Gasteiger partial charge in [-0.05, 0) is 25.1 Å². The standard InChI is InChI=1S/C20H19N5O4/c1-10-12-8-11(27-2)9-15(29-4)17(12)23-19(21-10)25-20-22-13-6-5-7-14(28-3)16(13)18(26)24-20/h5-9H,1-4H3,(H2,21,22,23,24,25,26). The molecule has 0 bridgehead atoms. The molecule has 0 aliphatic heterocycles. The van der Waals surface area contributed by atoms with Crippen molar-refractivity contribution in [1.82, 2.24) is 19.9 Å². The average molecular weight is 393 g/mol. The van der Waals surface area contributed by atoms with E-state index in [4.69, 9.17) is 14.2 Å². The average Bonchev–Trinajstić information content (AvgIpc) is 2.72. The summed E-state index contributed by atoms with van der Waals surface area (Å²) >= 11 is 0. The number of benzene rings is 2. The highest BCUT2D eigenvalue weighted by molar-refractivity contribution is 5.89. The third-order valence-electron chi connectivity index (χ3n) is 4.53. The molecule has 9 heteroatoms. The minimum Gasteiger partial charge on any atom is -0.497 e. The van der Waals surface area contributed by atoms with Crippen LogP contribution in [0.4, 0.5) is 11.9 Å². The third-order valence-corrected chi connectivity index (χ3v) is 4.53. The molecule has 0 spiro atoms. The lowest BCUT2D eigenvalue weighted by atomic mass is 10.1. The first-order valence-corrected chi connectivity index (χ1v) is 8.78. The molecule has 0 aliphatic carbocycles. The van der Waals surface area contributed by atoms with E-state index >= 15 is 0 Å². The first-order valence-electron chi connectivity index (χ1n) is 8.78. The Balaban J connectivity index is 1.81. The number of aromatic nitrogens is 4. The number of anilines is 2. The first kappa shape index (κ1) is 18.5. The summed E-state index contributed by atoms with van der Waals surface area (Å²) in [5.74, 6) is 2.17. The fraction of sp³-hybridized carbons (Fsp3) is 0.200. The zero-order valence-electron chi connectivity index (χ0n) is 16.4. The maximum atomic E-state index is 12.5. The molecule has 0 saturated heterocycles. The number of hydrogen-bond donors (Lipinski definition) is 2. The van der Waals surface area contributed by atoms with Gasteiger partial charge in [-0.25, -0.2) is 15.0 Å². The number of fused-ring (bicyclic) bond motifs is 2. The van der Waals surface area contributed by atoms with Gasteiger partial charge in [0, 0.05) is 11.5 Å². The smallest absolute Gasteiger partial charge is 0.263 e. The fourth-order valence-corrected chi connectivity index (χ4v) is 3.15. The molecule has 0 aliphatic rings. The van der Waals surface area contributed by atoms with E-state index < -0.39 is 0 Å². The number of ether oxygens (including phenoxy) is 3. The molecular weight excluding hydrogens is 374 g/mol. The lowest BCUT2D eigenvalue weighted by Crippen LogP contribution is -2.13. The molecule has 9 nitrogen and oxygen atoms in total. The summed E-state index contributed by atoms with van der Waals surface area (Å²) in [6.45, 7) is 1.86. The van der Waals surface area contributed by atoms with Crippen LogP contribution < -0.4 is 25.1 Å². The van der Waals surface area contributed by atoms with E-state index in [1.165, 1.54) is 7.11 Å². The van der Waals surface area contributed by atoms with Gasteiger partial charge in [0.1, 0.15) is 28.2 Å². The summed E-state index contributed by atoms with van der Waals surface area (Å²) in [5.41, 5.74) is 1.51. The zero-order chi connectivity index (χ0) is 20.5. The van der Waals surface area contributed by atoms with E-state index in [9.17, 15) is 4.79 Å². The maximum absolute atomic E-state index is 12.5. The molecule has 29 heavy (non-hydrogen) atoms. The van der Waals surface area contributed by atoms with Crippen molar-refractivity contribution in [3.63, 3.8) is 0 Å². The van der Waals surface area contributed by atoms with Crippen LogP contribution in [0.5, 0.6) is 17.2 Å². The van der Waals surface area contributed by atoms with Crippen LogP contribution in [0.2, 0.25) is 0 Å². The molecule has 0 unspecified atom stereocenters. The summed E-state index contributed by atoms with van der Waals surface area (Å²) in [4.78, 5) is 28.7. The molecule has 0 atom stereocenters. The molecule has 148 valence electrons. The van der Waals surface area contributed by atoms with Gasteiger partial charge >= 0.3 is 0 Å². The van der Waals surface area contributed by atoms with Crippen LogP contribution in [0.1, 0.15) is 5.69 Å². The van der Waals surface area contributed by atoms with E-state index in [0.29, 0.717) is 33.7 Å². The van der Waals surface area contributed by atoms with Gasteiger partial charge < -0.3 is 14.2 Å². The van der Waals surface area contributed by atoms with Gasteiger partial charge in [-0.1, -0.05) is 6.07 Å². The Morgan fingerprint density at radius 2 is 1.76 bits per heavy atom. The second-order valence-electron chi connectivity index (χ2n) is 6.25. The summed E-state index contributed by atoms with van der Waals surface area (Å²) in [7, 11) is 4.66. The molecule has 0 fully saturated rings. The van der Waals surface area contributed by atoms with Gasteiger partial charge in [-0.2, -0.15) is 0 Å². The van der Waals surface area contributed by atoms with Crippen LogP contribution in [-0.2, 0) is 0 Å². The quantitative estimate of drug-likeness (QED) is 0.532. The lowest BCUT2D eigenvalue weighted by molar-refractivity contribution is 0.397. The van der Waals surface area contributed by atoms with Gasteiger partial charge in [0.2, 0.25) is 11.9 Å². The maximum Gasteiger partial charge on any atom is 0.263 e. The van der Waals surface area contributed by atoms with Gasteiger partial charge in [-0.3, -0.25) is 15.1 Å². The van der Waals surface area contributed by atoms with Crippen molar-refractivity contribution >= 4 is 33.7 Å². The highest BCUT2D eigenvalue weighted by Crippen LogP contribution is 2.32. The molecule has 0 radical (unpaired) electrons. The fourth-order valence-electron chi connectivity index (χ4n) is 3.15. The van der Waals surface area contributed by atoms with E-state index in [1.807, 2.05) is 13.0 Å². The van der Waals surface area contributed by atoms with Crippen molar-refractivity contribution in [2.45, 2.75) is 6.92 Å². The summed E-state index contributed by atoms with van der Waals surface area (Å²) in [6, 6.07) is 8.81. The first-order chi connectivity index (χ1) is 14.0. The number of hydrogen-bond acceptors (Lipinski definition) is 8. The van der Waals surface area contributed by atoms with Crippen molar-refractivity contribution in [2.75, 3.05) is 26.6 Å². The van der Waals surface area contributed by atoms with Crippen molar-refractivity contribution in [1.29, 1.82) is 0 Å². The topological polar surface area (TPSA) is 111 Å². The summed E-state index contributed by atoms with van der Waals surface area (Å²) in [6.07, 6.45) is 0. The van der Waals surface area contributed by atoms with Crippen LogP contribution in [-0.4, -0.2) is 41.3 Å². The largest absolute Gasteiger partial charge is 0.497 e. The highest BCUT2D eigenvalue weighted by atomic mass is 16.5. The molecule has 4 aromatic rings. The molecule has 0 saturated carbocycles. The number of rotatable bonds is 5. The Kier molecular flexibility index (Phi) is 4.63. The van der Waals surface area contributed by atoms with E-state index in [2.05, 4.69) is 25.3 Å². The van der Waals surface area contributed by atoms with E-state index in [0.717, 1.165) is 11.1 Å². The van der Waals surface area contributed by atoms with E-state index in [1.54, 1.807) is 38.5 Å². The SMILES string of the molecule is COc1cc(OC)c2nc(Nc3nc4cccc(OC)c4c(=O)[nH]3)nc(C)c2c1. The van der Waals surface area contributed by atoms with Crippen LogP contribution in [0, 0.1) is 6.92 Å². The van der Waals surface area contributed by atoms with Gasteiger partial charge in [-0.15, -0.1) is 0 Å². The molecule has 2 N–H and O–H groups in total. The minimum absolute atomic E-state index is 0.224. The monoisotopic (exact) mass is 393 g/mol. The molecule has 2 aromatic carbocycles. The number of aryl methyl sites for hydroxylation is 1. The zero-order valence-corrected chi connectivity index (χ0v) is 16.4. The number of nitrogens with one attached hydrogen (secondary N) is 2. The van der Waals surface area contributed by atoms with Crippen LogP contribution >= 0.6 is 0 Å². The Morgan fingerprint density at radius 3 is 2.48 bits per heavy atom. The van der Waals surface area contributed by atoms with Crippen molar-refractivity contribution < 1.29 is 14.2 Å². The predicted molar refractivity (Wildman–Crippen MR) is 110 cm³/mol. The second-order valence-corrected chi connectivity index (χ2v) is 6.25. The van der Waals surface area contributed by atoms with Crippen molar-refractivity contribution in [3.05, 3.63) is 46.4 Å². The Morgan fingerprint density at radius 1 is 0.966 bits per heavy atom. The molecule has 0 amide bonds. The Hall–Kier alpha value is -3.88. The molecule has 2 aromatic heterocycles. The molecule has 4 rings (SSSR count). The van der Waals surface area contributed by atoms with Crippen molar-refractivity contribution in [3.8, 4) is 17.2 Å². The lowest BCUT2D eigenvalue weighted by Gasteiger charge is -2.12.